The average Bonchev–Trinajstić information content (AvgIpc) is 2.31. The number of hydrogen-bond acceptors (Lipinski definition) is 2. The molecule has 1 aromatic rings. The molecule has 0 amide bonds. The van der Waals surface area contributed by atoms with E-state index in [2.05, 4.69) is 6.92 Å². The van der Waals surface area contributed by atoms with Gasteiger partial charge in [-0.3, -0.25) is 0 Å². The highest BCUT2D eigenvalue weighted by Crippen LogP contribution is 2.39. The SMILES string of the molecule is CC1CCCC(Sc2c(F)cccc2[C@@H](C)O)C1. The number of aliphatic hydroxyl groups is 1. The van der Waals surface area contributed by atoms with Crippen LogP contribution in [-0.4, -0.2) is 10.4 Å². The van der Waals surface area contributed by atoms with E-state index in [0.29, 0.717) is 10.1 Å². The molecule has 1 N–H and O–H groups in total. The Morgan fingerprint density at radius 3 is 2.83 bits per heavy atom. The van der Waals surface area contributed by atoms with Gasteiger partial charge in [-0.15, -0.1) is 11.8 Å². The summed E-state index contributed by atoms with van der Waals surface area (Å²) in [6, 6.07) is 4.98. The van der Waals surface area contributed by atoms with Crippen LogP contribution in [0, 0.1) is 11.7 Å². The minimum absolute atomic E-state index is 0.198. The van der Waals surface area contributed by atoms with Crippen molar-refractivity contribution in [2.45, 2.75) is 55.8 Å². The van der Waals surface area contributed by atoms with Crippen molar-refractivity contribution >= 4 is 11.8 Å². The average molecular weight is 268 g/mol. The maximum Gasteiger partial charge on any atom is 0.137 e. The zero-order valence-corrected chi connectivity index (χ0v) is 11.8. The van der Waals surface area contributed by atoms with E-state index < -0.39 is 6.10 Å². The Bertz CT molecular complexity index is 405. The number of thioether (sulfide) groups is 1. The Morgan fingerprint density at radius 1 is 1.39 bits per heavy atom. The van der Waals surface area contributed by atoms with Gasteiger partial charge in [-0.05, 0) is 37.3 Å². The van der Waals surface area contributed by atoms with E-state index in [9.17, 15) is 9.50 Å². The first-order valence-corrected chi connectivity index (χ1v) is 7.59. The van der Waals surface area contributed by atoms with Crippen LogP contribution in [0.4, 0.5) is 4.39 Å². The van der Waals surface area contributed by atoms with Crippen molar-refractivity contribution in [1.82, 2.24) is 0 Å². The second-order valence-corrected chi connectivity index (χ2v) is 6.66. The number of rotatable bonds is 3. The van der Waals surface area contributed by atoms with E-state index in [-0.39, 0.29) is 5.82 Å². The molecule has 0 spiro atoms. The summed E-state index contributed by atoms with van der Waals surface area (Å²) in [5, 5.41) is 10.2. The lowest BCUT2D eigenvalue weighted by Crippen LogP contribution is -2.15. The molecule has 0 heterocycles. The molecule has 0 aliphatic heterocycles. The molecule has 0 bridgehead atoms. The Morgan fingerprint density at radius 2 is 2.17 bits per heavy atom. The summed E-state index contributed by atoms with van der Waals surface area (Å²) < 4.78 is 13.9. The third-order valence-corrected chi connectivity index (χ3v) is 5.05. The van der Waals surface area contributed by atoms with Crippen molar-refractivity contribution in [3.63, 3.8) is 0 Å². The standard InChI is InChI=1S/C15H21FOS/c1-10-5-3-6-12(9-10)18-15-13(11(2)17)7-4-8-14(15)16/h4,7-8,10-12,17H,3,5-6,9H2,1-2H3/t10?,11-,12?/m1/s1. The van der Waals surface area contributed by atoms with Crippen molar-refractivity contribution in [2.75, 3.05) is 0 Å². The molecule has 1 aromatic carbocycles. The normalized spacial score (nSPS) is 26.0. The van der Waals surface area contributed by atoms with Gasteiger partial charge in [0.1, 0.15) is 5.82 Å². The second kappa shape index (κ2) is 6.07. The van der Waals surface area contributed by atoms with E-state index in [1.807, 2.05) is 6.07 Å². The van der Waals surface area contributed by atoms with Crippen molar-refractivity contribution in [3.05, 3.63) is 29.6 Å². The van der Waals surface area contributed by atoms with Crippen molar-refractivity contribution in [2.24, 2.45) is 5.92 Å². The van der Waals surface area contributed by atoms with Gasteiger partial charge in [-0.1, -0.05) is 31.9 Å². The molecular formula is C15H21FOS. The van der Waals surface area contributed by atoms with Gasteiger partial charge in [0.15, 0.2) is 0 Å². The third kappa shape index (κ3) is 3.27. The largest absolute Gasteiger partial charge is 0.389 e. The molecule has 2 rings (SSSR count). The minimum atomic E-state index is -0.607. The smallest absolute Gasteiger partial charge is 0.137 e. The highest BCUT2D eigenvalue weighted by Gasteiger charge is 2.23. The highest BCUT2D eigenvalue weighted by molar-refractivity contribution is 8.00. The van der Waals surface area contributed by atoms with E-state index in [1.165, 1.54) is 18.9 Å². The van der Waals surface area contributed by atoms with Gasteiger partial charge in [0.05, 0.1) is 6.10 Å². The van der Waals surface area contributed by atoms with Crippen LogP contribution in [0.2, 0.25) is 0 Å². The van der Waals surface area contributed by atoms with E-state index in [1.54, 1.807) is 24.8 Å². The fourth-order valence-electron chi connectivity index (χ4n) is 2.63. The molecule has 2 unspecified atom stereocenters. The molecule has 1 saturated carbocycles. The monoisotopic (exact) mass is 268 g/mol. The van der Waals surface area contributed by atoms with Gasteiger partial charge in [0, 0.05) is 10.1 Å². The lowest BCUT2D eigenvalue weighted by molar-refractivity contribution is 0.195. The van der Waals surface area contributed by atoms with Gasteiger partial charge in [-0.2, -0.15) is 0 Å². The van der Waals surface area contributed by atoms with Gasteiger partial charge < -0.3 is 5.11 Å². The van der Waals surface area contributed by atoms with Crippen LogP contribution in [0.15, 0.2) is 23.1 Å². The summed E-state index contributed by atoms with van der Waals surface area (Å²) >= 11 is 1.61. The Hall–Kier alpha value is -0.540. The second-order valence-electron chi connectivity index (χ2n) is 5.35. The quantitative estimate of drug-likeness (QED) is 0.868. The molecule has 3 atom stereocenters. The zero-order chi connectivity index (χ0) is 13.1. The van der Waals surface area contributed by atoms with Crippen LogP contribution < -0.4 is 0 Å². The number of aliphatic hydroxyl groups excluding tert-OH is 1. The summed E-state index contributed by atoms with van der Waals surface area (Å²) in [6.07, 6.45) is 4.22. The van der Waals surface area contributed by atoms with Gasteiger partial charge in [0.2, 0.25) is 0 Å². The molecule has 0 radical (unpaired) electrons. The molecule has 100 valence electrons. The predicted molar refractivity (Wildman–Crippen MR) is 74.3 cm³/mol. The molecule has 1 aliphatic rings. The van der Waals surface area contributed by atoms with Crippen LogP contribution in [0.25, 0.3) is 0 Å². The van der Waals surface area contributed by atoms with Gasteiger partial charge in [-0.25, -0.2) is 4.39 Å². The van der Waals surface area contributed by atoms with Crippen LogP contribution in [-0.2, 0) is 0 Å². The van der Waals surface area contributed by atoms with Crippen LogP contribution in [0.1, 0.15) is 51.2 Å². The summed E-state index contributed by atoms with van der Waals surface area (Å²) in [7, 11) is 0. The van der Waals surface area contributed by atoms with Crippen molar-refractivity contribution in [1.29, 1.82) is 0 Å². The fraction of sp³-hybridized carbons (Fsp3) is 0.600. The molecule has 0 aromatic heterocycles. The topological polar surface area (TPSA) is 20.2 Å². The molecule has 1 nitrogen and oxygen atoms in total. The summed E-state index contributed by atoms with van der Waals surface area (Å²) in [5.41, 5.74) is 0.721. The molecular weight excluding hydrogens is 247 g/mol. The lowest BCUT2D eigenvalue weighted by Gasteiger charge is -2.27. The Labute approximate surface area is 113 Å². The Balaban J connectivity index is 2.17. The van der Waals surface area contributed by atoms with E-state index in [4.69, 9.17) is 0 Å². The predicted octanol–water partition coefficient (Wildman–Crippen LogP) is 4.55. The first-order valence-electron chi connectivity index (χ1n) is 6.71. The maximum atomic E-state index is 13.9. The lowest BCUT2D eigenvalue weighted by atomic mass is 9.91. The minimum Gasteiger partial charge on any atom is -0.389 e. The van der Waals surface area contributed by atoms with Crippen LogP contribution in [0.3, 0.4) is 0 Å². The molecule has 3 heteroatoms. The van der Waals surface area contributed by atoms with Gasteiger partial charge in [0.25, 0.3) is 0 Å². The molecule has 18 heavy (non-hydrogen) atoms. The number of halogens is 1. The zero-order valence-electron chi connectivity index (χ0n) is 11.0. The van der Waals surface area contributed by atoms with Crippen molar-refractivity contribution < 1.29 is 9.50 Å². The highest BCUT2D eigenvalue weighted by atomic mass is 32.2. The maximum absolute atomic E-state index is 13.9. The molecule has 0 saturated heterocycles. The summed E-state index contributed by atoms with van der Waals surface area (Å²) in [5.74, 6) is 0.537. The first-order chi connectivity index (χ1) is 8.58. The Kier molecular flexibility index (Phi) is 4.68. The fourth-order valence-corrected chi connectivity index (χ4v) is 4.23. The summed E-state index contributed by atoms with van der Waals surface area (Å²) in [4.78, 5) is 0.645. The van der Waals surface area contributed by atoms with E-state index in [0.717, 1.165) is 24.3 Å². The summed E-state index contributed by atoms with van der Waals surface area (Å²) in [6.45, 7) is 3.96. The molecule has 1 aliphatic carbocycles. The number of hydrogen-bond donors (Lipinski definition) is 1. The molecule has 1 fully saturated rings. The number of benzene rings is 1. The van der Waals surface area contributed by atoms with Crippen LogP contribution in [0.5, 0.6) is 0 Å². The third-order valence-electron chi connectivity index (χ3n) is 3.62. The van der Waals surface area contributed by atoms with Crippen LogP contribution >= 0.6 is 11.8 Å². The van der Waals surface area contributed by atoms with Gasteiger partial charge >= 0.3 is 0 Å². The van der Waals surface area contributed by atoms with Crippen molar-refractivity contribution in [3.8, 4) is 0 Å². The van der Waals surface area contributed by atoms with E-state index >= 15 is 0 Å². The first kappa shape index (κ1) is 13.9.